The number of hydrogen-bond donors (Lipinski definition) is 1. The predicted molar refractivity (Wildman–Crippen MR) is 92.6 cm³/mol. The van der Waals surface area contributed by atoms with Crippen molar-refractivity contribution >= 4 is 16.8 Å². The molecule has 0 radical (unpaired) electrons. The average molecular weight is 311 g/mol. The third-order valence-electron chi connectivity index (χ3n) is 5.86. The number of benzene rings is 1. The van der Waals surface area contributed by atoms with E-state index in [0.29, 0.717) is 11.5 Å². The number of para-hydroxylation sites is 1. The van der Waals surface area contributed by atoms with Crippen molar-refractivity contribution in [1.82, 2.24) is 14.8 Å². The van der Waals surface area contributed by atoms with Crippen LogP contribution >= 0.6 is 0 Å². The van der Waals surface area contributed by atoms with E-state index in [4.69, 9.17) is 0 Å². The molecule has 0 bridgehead atoms. The fourth-order valence-corrected chi connectivity index (χ4v) is 4.55. The van der Waals surface area contributed by atoms with Crippen LogP contribution in [-0.2, 0) is 7.05 Å². The maximum Gasteiger partial charge on any atom is 0.270 e. The molecular formula is C19H25N3O. The van der Waals surface area contributed by atoms with Gasteiger partial charge in [-0.1, -0.05) is 18.2 Å². The Balaban J connectivity index is 1.64. The second kappa shape index (κ2) is 5.38. The highest BCUT2D eigenvalue weighted by Crippen LogP contribution is 2.42. The van der Waals surface area contributed by atoms with Gasteiger partial charge in [-0.15, -0.1) is 0 Å². The molecule has 2 aliphatic rings. The van der Waals surface area contributed by atoms with Gasteiger partial charge < -0.3 is 14.8 Å². The van der Waals surface area contributed by atoms with Gasteiger partial charge in [-0.2, -0.15) is 0 Å². The zero-order valence-corrected chi connectivity index (χ0v) is 14.0. The van der Waals surface area contributed by atoms with Crippen LogP contribution in [0.3, 0.4) is 0 Å². The van der Waals surface area contributed by atoms with Crippen LogP contribution in [0.25, 0.3) is 10.9 Å². The highest BCUT2D eigenvalue weighted by Gasteiger charge is 2.44. The Morgan fingerprint density at radius 3 is 2.74 bits per heavy atom. The third-order valence-corrected chi connectivity index (χ3v) is 5.86. The quantitative estimate of drug-likeness (QED) is 0.879. The molecule has 2 fully saturated rings. The van der Waals surface area contributed by atoms with Crippen LogP contribution in [0.4, 0.5) is 0 Å². The van der Waals surface area contributed by atoms with Crippen molar-refractivity contribution in [3.8, 4) is 0 Å². The number of nitrogens with one attached hydrogen (secondary N) is 1. The third kappa shape index (κ3) is 2.36. The van der Waals surface area contributed by atoms with Crippen LogP contribution in [0.15, 0.2) is 30.3 Å². The molecule has 122 valence electrons. The van der Waals surface area contributed by atoms with Crippen LogP contribution < -0.4 is 5.32 Å². The minimum absolute atomic E-state index is 0.187. The predicted octanol–water partition coefficient (Wildman–Crippen LogP) is 2.78. The lowest BCUT2D eigenvalue weighted by molar-refractivity contribution is 0.0714. The summed E-state index contributed by atoms with van der Waals surface area (Å²) in [7, 11) is 2.00. The van der Waals surface area contributed by atoms with E-state index >= 15 is 0 Å². The molecule has 2 aliphatic heterocycles. The van der Waals surface area contributed by atoms with Crippen LogP contribution in [-0.4, -0.2) is 41.1 Å². The Kier molecular flexibility index (Phi) is 3.45. The van der Waals surface area contributed by atoms with Crippen molar-refractivity contribution < 1.29 is 4.79 Å². The molecule has 1 spiro atoms. The summed E-state index contributed by atoms with van der Waals surface area (Å²) in [6.45, 7) is 5.29. The number of fused-ring (bicyclic) bond motifs is 1. The number of amides is 1. The van der Waals surface area contributed by atoms with Gasteiger partial charge in [0.1, 0.15) is 5.69 Å². The number of hydrogen-bond acceptors (Lipinski definition) is 2. The number of piperidine rings is 1. The van der Waals surface area contributed by atoms with Crippen molar-refractivity contribution in [2.24, 2.45) is 12.5 Å². The van der Waals surface area contributed by atoms with E-state index in [9.17, 15) is 4.79 Å². The smallest absolute Gasteiger partial charge is 0.270 e. The molecular weight excluding hydrogens is 286 g/mol. The van der Waals surface area contributed by atoms with E-state index in [1.165, 1.54) is 12.8 Å². The fourth-order valence-electron chi connectivity index (χ4n) is 4.55. The van der Waals surface area contributed by atoms with Crippen LogP contribution in [0, 0.1) is 5.41 Å². The Hall–Kier alpha value is -1.81. The standard InChI is InChI=1S/C19H25N3O/c1-14-12-19(7-9-20-10-8-19)13-22(14)18(23)17-11-15-5-3-4-6-16(15)21(17)2/h3-6,11,14,20H,7-10,12-13H2,1-2H3. The van der Waals surface area contributed by atoms with Crippen molar-refractivity contribution in [1.29, 1.82) is 0 Å². The first kappa shape index (κ1) is 14.8. The van der Waals surface area contributed by atoms with Gasteiger partial charge in [0.15, 0.2) is 0 Å². The topological polar surface area (TPSA) is 37.3 Å². The van der Waals surface area contributed by atoms with Gasteiger partial charge in [-0.05, 0) is 56.8 Å². The lowest BCUT2D eigenvalue weighted by atomic mass is 9.77. The molecule has 3 heterocycles. The highest BCUT2D eigenvalue weighted by molar-refractivity contribution is 5.99. The van der Waals surface area contributed by atoms with Gasteiger partial charge in [0.05, 0.1) is 0 Å². The van der Waals surface area contributed by atoms with Crippen LogP contribution in [0.5, 0.6) is 0 Å². The number of aryl methyl sites for hydroxylation is 1. The van der Waals surface area contributed by atoms with Crippen molar-refractivity contribution in [3.05, 3.63) is 36.0 Å². The summed E-state index contributed by atoms with van der Waals surface area (Å²) in [6, 6.07) is 10.6. The van der Waals surface area contributed by atoms with Crippen LogP contribution in [0.2, 0.25) is 0 Å². The maximum atomic E-state index is 13.2. The summed E-state index contributed by atoms with van der Waals surface area (Å²) in [6.07, 6.45) is 3.52. The van der Waals surface area contributed by atoms with Gasteiger partial charge in [0.2, 0.25) is 0 Å². The molecule has 1 N–H and O–H groups in total. The zero-order valence-electron chi connectivity index (χ0n) is 14.0. The first-order valence-electron chi connectivity index (χ1n) is 8.66. The second-order valence-corrected chi connectivity index (χ2v) is 7.38. The monoisotopic (exact) mass is 311 g/mol. The number of aromatic nitrogens is 1. The Labute approximate surface area is 137 Å². The minimum Gasteiger partial charge on any atom is -0.340 e. The first-order chi connectivity index (χ1) is 11.1. The van der Waals surface area contributed by atoms with Gasteiger partial charge >= 0.3 is 0 Å². The number of carbonyl (C=O) groups excluding carboxylic acids is 1. The molecule has 1 atom stereocenters. The largest absolute Gasteiger partial charge is 0.340 e. The first-order valence-corrected chi connectivity index (χ1v) is 8.66. The van der Waals surface area contributed by atoms with Crippen molar-refractivity contribution in [3.63, 3.8) is 0 Å². The van der Waals surface area contributed by atoms with E-state index in [-0.39, 0.29) is 5.91 Å². The van der Waals surface area contributed by atoms with E-state index in [1.54, 1.807) is 0 Å². The van der Waals surface area contributed by atoms with Gasteiger partial charge in [-0.3, -0.25) is 4.79 Å². The number of likely N-dealkylation sites (tertiary alicyclic amines) is 1. The summed E-state index contributed by atoms with van der Waals surface area (Å²) in [5, 5.41) is 4.59. The maximum absolute atomic E-state index is 13.2. The number of nitrogens with zero attached hydrogens (tertiary/aromatic N) is 2. The second-order valence-electron chi connectivity index (χ2n) is 7.38. The normalized spacial score (nSPS) is 23.7. The van der Waals surface area contributed by atoms with E-state index < -0.39 is 0 Å². The SMILES string of the molecule is CC1CC2(CCNCC2)CN1C(=O)c1cc2ccccc2n1C. The lowest BCUT2D eigenvalue weighted by Crippen LogP contribution is -2.40. The average Bonchev–Trinajstić information content (AvgIpc) is 3.06. The Bertz CT molecular complexity index is 742. The minimum atomic E-state index is 0.187. The van der Waals surface area contributed by atoms with Gasteiger partial charge in [0.25, 0.3) is 5.91 Å². The van der Waals surface area contributed by atoms with Crippen molar-refractivity contribution in [2.75, 3.05) is 19.6 Å². The highest BCUT2D eigenvalue weighted by atomic mass is 16.2. The molecule has 1 aromatic carbocycles. The van der Waals surface area contributed by atoms with E-state index in [1.807, 2.05) is 29.8 Å². The molecule has 1 aromatic heterocycles. The Morgan fingerprint density at radius 1 is 1.26 bits per heavy atom. The molecule has 2 saturated heterocycles. The Morgan fingerprint density at radius 2 is 2.00 bits per heavy atom. The summed E-state index contributed by atoms with van der Waals surface area (Å²) in [4.78, 5) is 15.3. The number of rotatable bonds is 1. The molecule has 0 saturated carbocycles. The molecule has 4 heteroatoms. The summed E-state index contributed by atoms with van der Waals surface area (Å²) in [5.41, 5.74) is 2.27. The zero-order chi connectivity index (χ0) is 16.0. The summed E-state index contributed by atoms with van der Waals surface area (Å²) >= 11 is 0. The molecule has 23 heavy (non-hydrogen) atoms. The lowest BCUT2D eigenvalue weighted by Gasteiger charge is -2.33. The van der Waals surface area contributed by atoms with E-state index in [0.717, 1.165) is 42.7 Å². The van der Waals surface area contributed by atoms with Crippen LogP contribution in [0.1, 0.15) is 36.7 Å². The summed E-state index contributed by atoms with van der Waals surface area (Å²) in [5.74, 6) is 0.187. The van der Waals surface area contributed by atoms with Gasteiger partial charge in [0, 0.05) is 30.5 Å². The molecule has 4 nitrogen and oxygen atoms in total. The summed E-state index contributed by atoms with van der Waals surface area (Å²) < 4.78 is 2.04. The molecule has 0 aliphatic carbocycles. The fraction of sp³-hybridized carbons (Fsp3) is 0.526. The molecule has 1 unspecified atom stereocenters. The van der Waals surface area contributed by atoms with Crippen molar-refractivity contribution in [2.45, 2.75) is 32.2 Å². The van der Waals surface area contributed by atoms with E-state index in [2.05, 4.69) is 29.3 Å². The van der Waals surface area contributed by atoms with Gasteiger partial charge in [-0.25, -0.2) is 0 Å². The number of carbonyl (C=O) groups is 1. The molecule has 2 aromatic rings. The molecule has 1 amide bonds. The molecule has 4 rings (SSSR count).